The summed E-state index contributed by atoms with van der Waals surface area (Å²) in [5, 5.41) is 11.6. The van der Waals surface area contributed by atoms with Gasteiger partial charge in [0.05, 0.1) is 24.5 Å². The topological polar surface area (TPSA) is 75.0 Å². The number of rotatable bonds is 3. The minimum absolute atomic E-state index is 0.0390. The lowest BCUT2D eigenvalue weighted by Gasteiger charge is -2.37. The van der Waals surface area contributed by atoms with Gasteiger partial charge in [-0.1, -0.05) is 6.92 Å². The van der Waals surface area contributed by atoms with Crippen LogP contribution in [0.25, 0.3) is 0 Å². The second-order valence-corrected chi connectivity index (χ2v) is 4.93. The van der Waals surface area contributed by atoms with Gasteiger partial charge in [-0.3, -0.25) is 4.79 Å². The quantitative estimate of drug-likeness (QED) is 0.863. The Labute approximate surface area is 106 Å². The van der Waals surface area contributed by atoms with Crippen molar-refractivity contribution in [3.05, 3.63) is 29.1 Å². The number of nitriles is 1. The number of nitrogens with one attached hydrogen (secondary N) is 1. The lowest BCUT2D eigenvalue weighted by Crippen LogP contribution is -2.48. The second kappa shape index (κ2) is 4.75. The molecule has 1 aromatic rings. The Morgan fingerprint density at radius 3 is 2.83 bits per heavy atom. The molecule has 2 rings (SSSR count). The van der Waals surface area contributed by atoms with Gasteiger partial charge < -0.3 is 10.1 Å². The molecule has 5 nitrogen and oxygen atoms in total. The van der Waals surface area contributed by atoms with Gasteiger partial charge in [0.25, 0.3) is 5.91 Å². The lowest BCUT2D eigenvalue weighted by molar-refractivity contribution is -0.0978. The first-order valence-corrected chi connectivity index (χ1v) is 5.78. The predicted octanol–water partition coefficient (Wildman–Crippen LogP) is 1.03. The van der Waals surface area contributed by atoms with Crippen LogP contribution in [0.1, 0.15) is 28.7 Å². The molecule has 18 heavy (non-hydrogen) atoms. The van der Waals surface area contributed by atoms with Crippen molar-refractivity contribution in [2.24, 2.45) is 5.41 Å². The molecule has 94 valence electrons. The Hall–Kier alpha value is -1.93. The molecule has 0 aromatic carbocycles. The summed E-state index contributed by atoms with van der Waals surface area (Å²) in [7, 11) is 0. The van der Waals surface area contributed by atoms with Gasteiger partial charge in [0, 0.05) is 12.0 Å². The second-order valence-electron chi connectivity index (χ2n) is 4.93. The number of aromatic nitrogens is 1. The minimum atomic E-state index is -0.212. The minimum Gasteiger partial charge on any atom is -0.380 e. The number of carbonyl (C=O) groups is 1. The molecule has 0 atom stereocenters. The SMILES string of the molecule is Cc1nc(C(=O)NCC2(C)COC2)ccc1C#N. The zero-order valence-electron chi connectivity index (χ0n) is 10.5. The molecule has 5 heteroatoms. The maximum absolute atomic E-state index is 11.9. The molecule has 1 aliphatic rings. The Balaban J connectivity index is 2.01. The molecule has 1 aliphatic heterocycles. The van der Waals surface area contributed by atoms with Crippen molar-refractivity contribution >= 4 is 5.91 Å². The lowest BCUT2D eigenvalue weighted by atomic mass is 9.89. The zero-order valence-corrected chi connectivity index (χ0v) is 10.5. The zero-order chi connectivity index (χ0) is 13.2. The largest absolute Gasteiger partial charge is 0.380 e. The molecule has 0 unspecified atom stereocenters. The van der Waals surface area contributed by atoms with E-state index in [0.717, 1.165) is 0 Å². The number of pyridine rings is 1. The van der Waals surface area contributed by atoms with Crippen LogP contribution >= 0.6 is 0 Å². The normalized spacial score (nSPS) is 16.5. The Morgan fingerprint density at radius 1 is 1.61 bits per heavy atom. The Morgan fingerprint density at radius 2 is 2.33 bits per heavy atom. The number of hydrogen-bond acceptors (Lipinski definition) is 4. The monoisotopic (exact) mass is 245 g/mol. The molecule has 1 saturated heterocycles. The van der Waals surface area contributed by atoms with E-state index in [2.05, 4.69) is 17.2 Å². The molecular formula is C13H15N3O2. The van der Waals surface area contributed by atoms with E-state index in [1.807, 2.05) is 6.07 Å². The van der Waals surface area contributed by atoms with E-state index in [1.54, 1.807) is 19.1 Å². The van der Waals surface area contributed by atoms with Crippen molar-refractivity contribution in [1.29, 1.82) is 5.26 Å². The van der Waals surface area contributed by atoms with Crippen LogP contribution in [0, 0.1) is 23.7 Å². The maximum atomic E-state index is 11.9. The summed E-state index contributed by atoms with van der Waals surface area (Å²) < 4.78 is 5.12. The molecule has 0 saturated carbocycles. The fourth-order valence-corrected chi connectivity index (χ4v) is 1.74. The fourth-order valence-electron chi connectivity index (χ4n) is 1.74. The van der Waals surface area contributed by atoms with E-state index in [0.29, 0.717) is 36.7 Å². The number of ether oxygens (including phenoxy) is 1. The van der Waals surface area contributed by atoms with Crippen LogP contribution in [0.4, 0.5) is 0 Å². The smallest absolute Gasteiger partial charge is 0.269 e. The van der Waals surface area contributed by atoms with Gasteiger partial charge >= 0.3 is 0 Å². The summed E-state index contributed by atoms with van der Waals surface area (Å²) in [5.74, 6) is -0.212. The van der Waals surface area contributed by atoms with E-state index < -0.39 is 0 Å². The third-order valence-electron chi connectivity index (χ3n) is 3.02. The van der Waals surface area contributed by atoms with Crippen LogP contribution in [0.15, 0.2) is 12.1 Å². The highest BCUT2D eigenvalue weighted by atomic mass is 16.5. The molecule has 1 fully saturated rings. The summed E-state index contributed by atoms with van der Waals surface area (Å²) >= 11 is 0. The van der Waals surface area contributed by atoms with Crippen molar-refractivity contribution < 1.29 is 9.53 Å². The van der Waals surface area contributed by atoms with Crippen molar-refractivity contribution in [2.75, 3.05) is 19.8 Å². The number of nitrogens with zero attached hydrogens (tertiary/aromatic N) is 2. The number of amides is 1. The van der Waals surface area contributed by atoms with E-state index in [-0.39, 0.29) is 11.3 Å². The van der Waals surface area contributed by atoms with E-state index >= 15 is 0 Å². The molecule has 0 radical (unpaired) electrons. The standard InChI is InChI=1S/C13H15N3O2/c1-9-10(5-14)3-4-11(16-9)12(17)15-6-13(2)7-18-8-13/h3-4H,6-8H2,1-2H3,(H,15,17). The van der Waals surface area contributed by atoms with E-state index in [4.69, 9.17) is 10.00 Å². The fraction of sp³-hybridized carbons (Fsp3) is 0.462. The van der Waals surface area contributed by atoms with Gasteiger partial charge in [0.15, 0.2) is 0 Å². The molecule has 1 amide bonds. The molecule has 0 bridgehead atoms. The van der Waals surface area contributed by atoms with E-state index in [9.17, 15) is 4.79 Å². The molecule has 0 aliphatic carbocycles. The van der Waals surface area contributed by atoms with Crippen LogP contribution in [0.3, 0.4) is 0 Å². The summed E-state index contributed by atoms with van der Waals surface area (Å²) in [5.41, 5.74) is 1.45. The van der Waals surface area contributed by atoms with Crippen LogP contribution in [-0.4, -0.2) is 30.6 Å². The van der Waals surface area contributed by atoms with Gasteiger partial charge in [-0.2, -0.15) is 5.26 Å². The maximum Gasteiger partial charge on any atom is 0.269 e. The molecule has 0 spiro atoms. The van der Waals surface area contributed by atoms with Crippen molar-refractivity contribution in [3.63, 3.8) is 0 Å². The van der Waals surface area contributed by atoms with Gasteiger partial charge in [-0.15, -0.1) is 0 Å². The molecular weight excluding hydrogens is 230 g/mol. The summed E-state index contributed by atoms with van der Waals surface area (Å²) in [6.07, 6.45) is 0. The highest BCUT2D eigenvalue weighted by Gasteiger charge is 2.33. The van der Waals surface area contributed by atoms with Gasteiger partial charge in [-0.25, -0.2) is 4.98 Å². The molecule has 1 N–H and O–H groups in total. The molecule has 1 aromatic heterocycles. The van der Waals surface area contributed by atoms with Crippen LogP contribution in [0.5, 0.6) is 0 Å². The summed E-state index contributed by atoms with van der Waals surface area (Å²) in [4.78, 5) is 16.0. The summed E-state index contributed by atoms with van der Waals surface area (Å²) in [6, 6.07) is 5.21. The number of carbonyl (C=O) groups excluding carboxylic acids is 1. The first-order chi connectivity index (χ1) is 8.54. The van der Waals surface area contributed by atoms with Crippen LogP contribution in [0.2, 0.25) is 0 Å². The average Bonchev–Trinajstić information content (AvgIpc) is 2.33. The first kappa shape index (κ1) is 12.5. The van der Waals surface area contributed by atoms with Gasteiger partial charge in [-0.05, 0) is 19.1 Å². The van der Waals surface area contributed by atoms with Crippen molar-refractivity contribution in [3.8, 4) is 6.07 Å². The highest BCUT2D eigenvalue weighted by Crippen LogP contribution is 2.25. The van der Waals surface area contributed by atoms with Crippen LogP contribution in [-0.2, 0) is 4.74 Å². The first-order valence-electron chi connectivity index (χ1n) is 5.78. The predicted molar refractivity (Wildman–Crippen MR) is 64.9 cm³/mol. The van der Waals surface area contributed by atoms with Crippen molar-refractivity contribution in [1.82, 2.24) is 10.3 Å². The van der Waals surface area contributed by atoms with E-state index in [1.165, 1.54) is 0 Å². The third kappa shape index (κ3) is 2.49. The van der Waals surface area contributed by atoms with Crippen molar-refractivity contribution in [2.45, 2.75) is 13.8 Å². The molecule has 2 heterocycles. The summed E-state index contributed by atoms with van der Waals surface area (Å²) in [6.45, 7) is 5.71. The number of aryl methyl sites for hydroxylation is 1. The van der Waals surface area contributed by atoms with Gasteiger partial charge in [0.2, 0.25) is 0 Å². The van der Waals surface area contributed by atoms with Crippen LogP contribution < -0.4 is 5.32 Å². The number of hydrogen-bond donors (Lipinski definition) is 1. The van der Waals surface area contributed by atoms with Gasteiger partial charge in [0.1, 0.15) is 11.8 Å². The highest BCUT2D eigenvalue weighted by molar-refractivity contribution is 5.92. The Bertz CT molecular complexity index is 515. The average molecular weight is 245 g/mol. The Kier molecular flexibility index (Phi) is 3.30. The third-order valence-corrected chi connectivity index (χ3v) is 3.02.